The third kappa shape index (κ3) is 1.62. The molecule has 2 heterocycles. The molecule has 1 fully saturated rings. The Morgan fingerprint density at radius 2 is 2.16 bits per heavy atom. The second kappa shape index (κ2) is 3.60. The summed E-state index contributed by atoms with van der Waals surface area (Å²) in [7, 11) is 0. The highest BCUT2D eigenvalue weighted by molar-refractivity contribution is 5.82. The van der Waals surface area contributed by atoms with Crippen molar-refractivity contribution in [2.75, 3.05) is 5.73 Å². The Balaban J connectivity index is 1.88. The second-order valence-electron chi connectivity index (χ2n) is 5.17. The molecule has 3 aromatic rings. The number of nitrogens with zero attached hydrogens (tertiary/aromatic N) is 3. The number of nitrogen functional groups attached to an aromatic ring is 1. The molecule has 0 aliphatic heterocycles. The second-order valence-corrected chi connectivity index (χ2v) is 5.17. The first-order chi connectivity index (χ1) is 9.22. The molecule has 0 unspecified atom stereocenters. The molecule has 0 atom stereocenters. The van der Waals surface area contributed by atoms with E-state index in [-0.39, 0.29) is 0 Å². The van der Waals surface area contributed by atoms with E-state index in [1.165, 1.54) is 18.4 Å². The molecule has 3 N–H and O–H groups in total. The average molecular weight is 253 g/mol. The summed E-state index contributed by atoms with van der Waals surface area (Å²) >= 11 is 0. The molecular weight excluding hydrogens is 238 g/mol. The Kier molecular flexibility index (Phi) is 2.01. The normalized spacial score (nSPS) is 15.2. The molecule has 0 amide bonds. The van der Waals surface area contributed by atoms with Crippen LogP contribution < -0.4 is 5.73 Å². The molecule has 0 spiro atoms. The van der Waals surface area contributed by atoms with Gasteiger partial charge in [-0.05, 0) is 31.9 Å². The van der Waals surface area contributed by atoms with E-state index >= 15 is 0 Å². The first-order valence-electron chi connectivity index (χ1n) is 6.52. The van der Waals surface area contributed by atoms with Gasteiger partial charge in [-0.3, -0.25) is 5.10 Å². The Bertz CT molecular complexity index is 763. The van der Waals surface area contributed by atoms with Gasteiger partial charge in [-0.15, -0.1) is 0 Å². The number of nitrogens with two attached hydrogens (primary N) is 1. The smallest absolute Gasteiger partial charge is 0.145 e. The van der Waals surface area contributed by atoms with Crippen LogP contribution in [0.5, 0.6) is 0 Å². The predicted octanol–water partition coefficient (Wildman–Crippen LogP) is 2.65. The summed E-state index contributed by atoms with van der Waals surface area (Å²) in [6.07, 6.45) is 2.54. The van der Waals surface area contributed by atoms with Crippen molar-refractivity contribution in [2.45, 2.75) is 25.8 Å². The monoisotopic (exact) mass is 253 g/mol. The van der Waals surface area contributed by atoms with Crippen molar-refractivity contribution in [1.29, 1.82) is 0 Å². The van der Waals surface area contributed by atoms with Gasteiger partial charge < -0.3 is 10.3 Å². The number of hydrogen-bond acceptors (Lipinski definition) is 3. The number of imidazole rings is 1. The molecule has 1 aromatic carbocycles. The fraction of sp³-hybridized carbons (Fsp3) is 0.286. The van der Waals surface area contributed by atoms with Crippen LogP contribution in [0.1, 0.15) is 24.7 Å². The molecule has 1 aliphatic rings. The van der Waals surface area contributed by atoms with Gasteiger partial charge in [-0.1, -0.05) is 6.07 Å². The number of nitrogens with one attached hydrogen (secondary N) is 1. The van der Waals surface area contributed by atoms with Crippen molar-refractivity contribution in [1.82, 2.24) is 19.7 Å². The molecule has 1 aliphatic carbocycles. The SMILES string of the molecule is Cc1nc2cc(-c3cc(N)n[nH]3)ccc2n1C1CC1. The van der Waals surface area contributed by atoms with Gasteiger partial charge in [0.25, 0.3) is 0 Å². The number of aromatic amines is 1. The van der Waals surface area contributed by atoms with Crippen LogP contribution in [0, 0.1) is 6.92 Å². The highest BCUT2D eigenvalue weighted by atomic mass is 15.2. The predicted molar refractivity (Wildman–Crippen MR) is 74.7 cm³/mol. The average Bonchev–Trinajstić information content (AvgIpc) is 3.03. The first kappa shape index (κ1) is 10.6. The zero-order chi connectivity index (χ0) is 13.0. The molecule has 0 radical (unpaired) electrons. The topological polar surface area (TPSA) is 72.5 Å². The van der Waals surface area contributed by atoms with E-state index in [1.807, 2.05) is 6.07 Å². The Hall–Kier alpha value is -2.30. The maximum atomic E-state index is 5.64. The molecular formula is C14H15N5. The lowest BCUT2D eigenvalue weighted by Gasteiger charge is -2.04. The molecule has 96 valence electrons. The minimum atomic E-state index is 0.509. The van der Waals surface area contributed by atoms with Crippen LogP contribution in [-0.2, 0) is 0 Å². The third-order valence-electron chi connectivity index (χ3n) is 3.69. The van der Waals surface area contributed by atoms with Crippen LogP contribution in [-0.4, -0.2) is 19.7 Å². The van der Waals surface area contributed by atoms with Crippen LogP contribution in [0.2, 0.25) is 0 Å². The Morgan fingerprint density at radius 3 is 2.84 bits per heavy atom. The lowest BCUT2D eigenvalue weighted by Crippen LogP contribution is -1.95. The van der Waals surface area contributed by atoms with E-state index in [1.54, 1.807) is 0 Å². The number of hydrogen-bond donors (Lipinski definition) is 2. The zero-order valence-corrected chi connectivity index (χ0v) is 10.7. The van der Waals surface area contributed by atoms with Gasteiger partial charge >= 0.3 is 0 Å². The lowest BCUT2D eigenvalue weighted by molar-refractivity contribution is 0.734. The number of fused-ring (bicyclic) bond motifs is 1. The summed E-state index contributed by atoms with van der Waals surface area (Å²) in [4.78, 5) is 4.66. The van der Waals surface area contributed by atoms with E-state index in [2.05, 4.69) is 44.9 Å². The zero-order valence-electron chi connectivity index (χ0n) is 10.7. The summed E-state index contributed by atoms with van der Waals surface area (Å²) in [5.74, 6) is 1.61. The van der Waals surface area contributed by atoms with Gasteiger partial charge in [-0.2, -0.15) is 5.10 Å². The molecule has 4 rings (SSSR count). The quantitative estimate of drug-likeness (QED) is 0.737. The number of benzene rings is 1. The van der Waals surface area contributed by atoms with Gasteiger partial charge in [0, 0.05) is 17.7 Å². The Morgan fingerprint density at radius 1 is 1.32 bits per heavy atom. The molecule has 0 bridgehead atoms. The van der Waals surface area contributed by atoms with E-state index in [0.29, 0.717) is 11.9 Å². The van der Waals surface area contributed by atoms with Crippen LogP contribution in [0.25, 0.3) is 22.3 Å². The lowest BCUT2D eigenvalue weighted by atomic mass is 10.1. The molecule has 5 nitrogen and oxygen atoms in total. The van der Waals surface area contributed by atoms with Crippen molar-refractivity contribution < 1.29 is 0 Å². The highest BCUT2D eigenvalue weighted by Crippen LogP contribution is 2.39. The van der Waals surface area contributed by atoms with Crippen molar-refractivity contribution >= 4 is 16.9 Å². The number of anilines is 1. The molecule has 1 saturated carbocycles. The third-order valence-corrected chi connectivity index (χ3v) is 3.69. The number of aromatic nitrogens is 4. The van der Waals surface area contributed by atoms with E-state index in [4.69, 9.17) is 5.73 Å². The fourth-order valence-electron chi connectivity index (χ4n) is 2.67. The van der Waals surface area contributed by atoms with Crippen LogP contribution in [0.3, 0.4) is 0 Å². The minimum Gasteiger partial charge on any atom is -0.382 e. The van der Waals surface area contributed by atoms with Crippen LogP contribution in [0.15, 0.2) is 24.3 Å². The van der Waals surface area contributed by atoms with Crippen LogP contribution >= 0.6 is 0 Å². The van der Waals surface area contributed by atoms with Crippen molar-refractivity contribution in [3.05, 3.63) is 30.1 Å². The highest BCUT2D eigenvalue weighted by Gasteiger charge is 2.26. The molecule has 5 heteroatoms. The largest absolute Gasteiger partial charge is 0.382 e. The number of aryl methyl sites for hydroxylation is 1. The van der Waals surface area contributed by atoms with Gasteiger partial charge in [0.1, 0.15) is 11.6 Å². The fourth-order valence-corrected chi connectivity index (χ4v) is 2.67. The van der Waals surface area contributed by atoms with E-state index < -0.39 is 0 Å². The van der Waals surface area contributed by atoms with Gasteiger partial charge in [0.05, 0.1) is 16.7 Å². The summed E-state index contributed by atoms with van der Waals surface area (Å²) in [5.41, 5.74) is 9.89. The first-order valence-corrected chi connectivity index (χ1v) is 6.52. The van der Waals surface area contributed by atoms with Gasteiger partial charge in [-0.25, -0.2) is 4.98 Å². The summed E-state index contributed by atoms with van der Waals surface area (Å²) in [6, 6.07) is 8.81. The standard InChI is InChI=1S/C14H15N5/c1-8-16-12-6-9(11-7-14(15)18-17-11)2-5-13(12)19(8)10-3-4-10/h2,5-7,10H,3-4H2,1H3,(H3,15,17,18). The van der Waals surface area contributed by atoms with E-state index in [0.717, 1.165) is 22.6 Å². The van der Waals surface area contributed by atoms with Gasteiger partial charge in [0.2, 0.25) is 0 Å². The van der Waals surface area contributed by atoms with Gasteiger partial charge in [0.15, 0.2) is 0 Å². The number of rotatable bonds is 2. The summed E-state index contributed by atoms with van der Waals surface area (Å²) in [5, 5.41) is 6.89. The minimum absolute atomic E-state index is 0.509. The van der Waals surface area contributed by atoms with Crippen molar-refractivity contribution in [3.8, 4) is 11.3 Å². The van der Waals surface area contributed by atoms with E-state index in [9.17, 15) is 0 Å². The molecule has 0 saturated heterocycles. The summed E-state index contributed by atoms with van der Waals surface area (Å²) in [6.45, 7) is 2.08. The van der Waals surface area contributed by atoms with Crippen molar-refractivity contribution in [2.24, 2.45) is 0 Å². The number of H-pyrrole nitrogens is 1. The van der Waals surface area contributed by atoms with Crippen molar-refractivity contribution in [3.63, 3.8) is 0 Å². The summed E-state index contributed by atoms with van der Waals surface area (Å²) < 4.78 is 2.35. The molecule has 19 heavy (non-hydrogen) atoms. The van der Waals surface area contributed by atoms with Crippen LogP contribution in [0.4, 0.5) is 5.82 Å². The molecule has 2 aromatic heterocycles. The maximum Gasteiger partial charge on any atom is 0.145 e. The maximum absolute atomic E-state index is 5.64. The Labute approximate surface area is 110 Å².